The summed E-state index contributed by atoms with van der Waals surface area (Å²) in [7, 11) is 0. The number of carbonyl (C=O) groups excluding carboxylic acids is 2. The molecule has 0 spiro atoms. The zero-order valence-corrected chi connectivity index (χ0v) is 18.4. The van der Waals surface area contributed by atoms with Crippen molar-refractivity contribution in [3.63, 3.8) is 0 Å². The van der Waals surface area contributed by atoms with Crippen LogP contribution in [0.4, 0.5) is 0 Å². The Morgan fingerprint density at radius 3 is 2.57 bits per heavy atom. The topological polar surface area (TPSA) is 58.6 Å². The maximum atomic E-state index is 12.7. The second kappa shape index (κ2) is 9.79. The molecular weight excluding hydrogens is 376 g/mol. The summed E-state index contributed by atoms with van der Waals surface area (Å²) in [5.41, 5.74) is 4.58. The van der Waals surface area contributed by atoms with Crippen LogP contribution in [0.15, 0.2) is 42.5 Å². The predicted octanol–water partition coefficient (Wildman–Crippen LogP) is 4.03. The van der Waals surface area contributed by atoms with Crippen LogP contribution in [0.25, 0.3) is 0 Å². The van der Waals surface area contributed by atoms with Crippen LogP contribution in [0, 0.1) is 12.8 Å². The number of hydrogen-bond acceptors (Lipinski definition) is 3. The lowest BCUT2D eigenvalue weighted by Crippen LogP contribution is -2.40. The average Bonchev–Trinajstić information content (AvgIpc) is 2.75. The average molecular weight is 409 g/mol. The molecule has 2 amide bonds. The Hall–Kier alpha value is -2.82. The first-order valence-corrected chi connectivity index (χ1v) is 10.8. The first-order valence-electron chi connectivity index (χ1n) is 10.8. The van der Waals surface area contributed by atoms with E-state index in [2.05, 4.69) is 56.4 Å². The molecule has 5 nitrogen and oxygen atoms in total. The van der Waals surface area contributed by atoms with Crippen molar-refractivity contribution in [1.29, 1.82) is 0 Å². The highest BCUT2D eigenvalue weighted by molar-refractivity contribution is 5.78. The lowest BCUT2D eigenvalue weighted by atomic mass is 9.87. The Morgan fingerprint density at radius 2 is 1.90 bits per heavy atom. The molecule has 0 fully saturated rings. The molecule has 1 aliphatic rings. The Bertz CT molecular complexity index is 890. The monoisotopic (exact) mass is 408 g/mol. The molecule has 0 unspecified atom stereocenters. The van der Waals surface area contributed by atoms with Crippen LogP contribution >= 0.6 is 0 Å². The lowest BCUT2D eigenvalue weighted by molar-refractivity contribution is -0.133. The van der Waals surface area contributed by atoms with E-state index in [0.717, 1.165) is 17.5 Å². The minimum atomic E-state index is -0.139. The largest absolute Gasteiger partial charge is 0.484 e. The summed E-state index contributed by atoms with van der Waals surface area (Å²) in [5, 5.41) is 2.87. The number of rotatable bonds is 7. The van der Waals surface area contributed by atoms with E-state index >= 15 is 0 Å². The van der Waals surface area contributed by atoms with Crippen molar-refractivity contribution >= 4 is 11.8 Å². The smallest absolute Gasteiger partial charge is 0.257 e. The van der Waals surface area contributed by atoms with Crippen LogP contribution in [-0.2, 0) is 16.0 Å². The van der Waals surface area contributed by atoms with Gasteiger partial charge in [-0.3, -0.25) is 9.59 Å². The molecule has 160 valence electrons. The first kappa shape index (κ1) is 21.9. The summed E-state index contributed by atoms with van der Waals surface area (Å²) < 4.78 is 5.78. The Kier molecular flexibility index (Phi) is 7.14. The van der Waals surface area contributed by atoms with Gasteiger partial charge in [-0.15, -0.1) is 0 Å². The Balaban J connectivity index is 1.86. The molecule has 0 aliphatic carbocycles. The predicted molar refractivity (Wildman–Crippen MR) is 119 cm³/mol. The van der Waals surface area contributed by atoms with Crippen LogP contribution in [0.1, 0.15) is 55.5 Å². The summed E-state index contributed by atoms with van der Waals surface area (Å²) in [5.74, 6) is 1.07. The number of nitrogens with one attached hydrogen (secondary N) is 1. The zero-order valence-electron chi connectivity index (χ0n) is 18.4. The van der Waals surface area contributed by atoms with E-state index in [1.807, 2.05) is 24.0 Å². The van der Waals surface area contributed by atoms with E-state index in [-0.39, 0.29) is 24.5 Å². The van der Waals surface area contributed by atoms with E-state index in [4.69, 9.17) is 4.74 Å². The molecule has 2 aromatic rings. The highest BCUT2D eigenvalue weighted by Crippen LogP contribution is 2.37. The normalized spacial score (nSPS) is 15.6. The molecular formula is C25H32N2O3. The van der Waals surface area contributed by atoms with Crippen LogP contribution < -0.4 is 10.1 Å². The van der Waals surface area contributed by atoms with Gasteiger partial charge in [0.05, 0.1) is 6.04 Å². The van der Waals surface area contributed by atoms with Crippen LogP contribution in [0.2, 0.25) is 0 Å². The van der Waals surface area contributed by atoms with E-state index in [9.17, 15) is 9.59 Å². The molecule has 0 bridgehead atoms. The van der Waals surface area contributed by atoms with Gasteiger partial charge in [0.1, 0.15) is 5.75 Å². The van der Waals surface area contributed by atoms with Crippen molar-refractivity contribution in [3.8, 4) is 5.75 Å². The van der Waals surface area contributed by atoms with Gasteiger partial charge >= 0.3 is 0 Å². The molecule has 30 heavy (non-hydrogen) atoms. The molecule has 0 saturated carbocycles. The van der Waals surface area contributed by atoms with E-state index in [1.165, 1.54) is 11.1 Å². The fourth-order valence-corrected chi connectivity index (χ4v) is 3.78. The lowest BCUT2D eigenvalue weighted by Gasteiger charge is -2.38. The molecule has 1 atom stereocenters. The fraction of sp³-hybridized carbons (Fsp3) is 0.440. The van der Waals surface area contributed by atoms with E-state index in [0.29, 0.717) is 31.2 Å². The second-order valence-corrected chi connectivity index (χ2v) is 8.35. The summed E-state index contributed by atoms with van der Waals surface area (Å²) in [4.78, 5) is 26.7. The maximum absolute atomic E-state index is 12.7. The van der Waals surface area contributed by atoms with Crippen LogP contribution in [0.3, 0.4) is 0 Å². The van der Waals surface area contributed by atoms with Crippen LogP contribution in [-0.4, -0.2) is 36.4 Å². The molecule has 5 heteroatoms. The highest BCUT2D eigenvalue weighted by Gasteiger charge is 2.31. The van der Waals surface area contributed by atoms with E-state index in [1.54, 1.807) is 0 Å². The summed E-state index contributed by atoms with van der Waals surface area (Å²) in [6.45, 7) is 9.39. The standard InChI is InChI=1S/C25H32N2O3/c1-5-24(29)27-13-12-19-10-11-21(30-16-23(28)26-15-17(2)3)14-22(19)25(27)20-8-6-18(4)7-9-20/h6-11,14,17,25H,5,12-13,15-16H2,1-4H3,(H,26,28)/t25-/m1/s1. The third-order valence-corrected chi connectivity index (χ3v) is 5.44. The molecule has 0 radical (unpaired) electrons. The van der Waals surface area contributed by atoms with Gasteiger partial charge in [0.25, 0.3) is 5.91 Å². The molecule has 3 rings (SSSR count). The third-order valence-electron chi connectivity index (χ3n) is 5.44. The van der Waals surface area contributed by atoms with Gasteiger partial charge in [-0.2, -0.15) is 0 Å². The van der Waals surface area contributed by atoms with Gasteiger partial charge in [0, 0.05) is 19.5 Å². The number of nitrogens with zero attached hydrogens (tertiary/aromatic N) is 1. The minimum absolute atomic E-state index is 0.0156. The quantitative estimate of drug-likeness (QED) is 0.752. The van der Waals surface area contributed by atoms with Gasteiger partial charge in [-0.05, 0) is 48.1 Å². The molecule has 1 aliphatic heterocycles. The third kappa shape index (κ3) is 5.21. The van der Waals surface area contributed by atoms with Gasteiger partial charge in [0.2, 0.25) is 5.91 Å². The minimum Gasteiger partial charge on any atom is -0.484 e. The number of aryl methyl sites for hydroxylation is 1. The zero-order chi connectivity index (χ0) is 21.7. The van der Waals surface area contributed by atoms with Gasteiger partial charge in [-0.25, -0.2) is 0 Å². The molecule has 1 N–H and O–H groups in total. The van der Waals surface area contributed by atoms with Crippen molar-refractivity contribution in [3.05, 3.63) is 64.7 Å². The molecule has 0 saturated heterocycles. The van der Waals surface area contributed by atoms with Crippen molar-refractivity contribution in [2.24, 2.45) is 5.92 Å². The fourth-order valence-electron chi connectivity index (χ4n) is 3.78. The maximum Gasteiger partial charge on any atom is 0.257 e. The van der Waals surface area contributed by atoms with Gasteiger partial charge in [0.15, 0.2) is 6.61 Å². The summed E-state index contributed by atoms with van der Waals surface area (Å²) in [6.07, 6.45) is 1.29. The summed E-state index contributed by atoms with van der Waals surface area (Å²) >= 11 is 0. The Labute approximate surface area is 179 Å². The number of benzene rings is 2. The molecule has 0 aromatic heterocycles. The van der Waals surface area contributed by atoms with Gasteiger partial charge in [-0.1, -0.05) is 56.7 Å². The number of hydrogen-bond donors (Lipinski definition) is 1. The number of fused-ring (bicyclic) bond motifs is 1. The van der Waals surface area contributed by atoms with Crippen LogP contribution in [0.5, 0.6) is 5.75 Å². The highest BCUT2D eigenvalue weighted by atomic mass is 16.5. The van der Waals surface area contributed by atoms with Crippen molar-refractivity contribution < 1.29 is 14.3 Å². The number of carbonyl (C=O) groups is 2. The first-order chi connectivity index (χ1) is 14.4. The van der Waals surface area contributed by atoms with Crippen molar-refractivity contribution in [1.82, 2.24) is 10.2 Å². The van der Waals surface area contributed by atoms with Gasteiger partial charge < -0.3 is 15.0 Å². The molecule has 1 heterocycles. The Morgan fingerprint density at radius 1 is 1.17 bits per heavy atom. The van der Waals surface area contributed by atoms with Crippen molar-refractivity contribution in [2.75, 3.05) is 19.7 Å². The second-order valence-electron chi connectivity index (χ2n) is 8.35. The van der Waals surface area contributed by atoms with E-state index < -0.39 is 0 Å². The van der Waals surface area contributed by atoms with Crippen molar-refractivity contribution in [2.45, 2.75) is 46.6 Å². The summed E-state index contributed by atoms with van der Waals surface area (Å²) in [6, 6.07) is 14.2. The molecule has 2 aromatic carbocycles. The SMILES string of the molecule is CCC(=O)N1CCc2ccc(OCC(=O)NCC(C)C)cc2[C@H]1c1ccc(C)cc1. The number of ether oxygens (including phenoxy) is 1. The number of amides is 2.